The number of guanidine groups is 1. The van der Waals surface area contributed by atoms with E-state index in [1.807, 2.05) is 6.20 Å². The Morgan fingerprint density at radius 2 is 1.96 bits per heavy atom. The summed E-state index contributed by atoms with van der Waals surface area (Å²) in [4.78, 5) is 16.5. The minimum atomic E-state index is 0. The third-order valence-electron chi connectivity index (χ3n) is 4.91. The van der Waals surface area contributed by atoms with Crippen molar-refractivity contribution in [3.05, 3.63) is 23.9 Å². The second-order valence-corrected chi connectivity index (χ2v) is 6.89. The van der Waals surface area contributed by atoms with Gasteiger partial charge in [-0.3, -0.25) is 0 Å². The Kier molecular flexibility index (Phi) is 11.7. The van der Waals surface area contributed by atoms with Crippen LogP contribution in [0.25, 0.3) is 0 Å². The summed E-state index contributed by atoms with van der Waals surface area (Å²) in [6, 6.07) is 4.27. The van der Waals surface area contributed by atoms with Crippen LogP contribution >= 0.6 is 24.0 Å². The highest BCUT2D eigenvalue weighted by Crippen LogP contribution is 2.15. The quantitative estimate of drug-likeness (QED) is 0.346. The molecule has 1 aromatic heterocycles. The summed E-state index contributed by atoms with van der Waals surface area (Å²) in [5, 5.41) is 3.40. The van der Waals surface area contributed by atoms with E-state index in [-0.39, 0.29) is 24.0 Å². The van der Waals surface area contributed by atoms with E-state index in [2.05, 4.69) is 65.0 Å². The van der Waals surface area contributed by atoms with Crippen molar-refractivity contribution >= 4 is 35.8 Å². The normalized spacial score (nSPS) is 15.4. The number of aliphatic imine (C=N–C) groups is 1. The van der Waals surface area contributed by atoms with Crippen LogP contribution in [0.1, 0.15) is 39.2 Å². The van der Waals surface area contributed by atoms with Crippen molar-refractivity contribution in [2.75, 3.05) is 57.8 Å². The van der Waals surface area contributed by atoms with Gasteiger partial charge in [0.15, 0.2) is 5.96 Å². The molecular formula is C20H37IN6. The predicted molar refractivity (Wildman–Crippen MR) is 126 cm³/mol. The minimum absolute atomic E-state index is 0. The zero-order chi connectivity index (χ0) is 18.8. The molecule has 0 radical (unpaired) electrons. The molecule has 0 spiro atoms. The molecule has 1 saturated heterocycles. The van der Waals surface area contributed by atoms with Gasteiger partial charge in [-0.05, 0) is 37.6 Å². The molecule has 0 aliphatic carbocycles. The molecule has 1 aliphatic rings. The molecule has 1 N–H and O–H groups in total. The number of likely N-dealkylation sites (N-methyl/N-ethyl adjacent to an activating group) is 1. The average Bonchev–Trinajstić information content (AvgIpc) is 2.69. The number of pyridine rings is 1. The van der Waals surface area contributed by atoms with Gasteiger partial charge < -0.3 is 20.0 Å². The van der Waals surface area contributed by atoms with Gasteiger partial charge in [0.25, 0.3) is 0 Å². The SMILES string of the molecule is CCCCN(C)C(=NCc1ccnc(N2CCN(CC)CC2)c1)NCC.I. The van der Waals surface area contributed by atoms with Crippen molar-refractivity contribution in [1.82, 2.24) is 20.1 Å². The van der Waals surface area contributed by atoms with E-state index in [1.165, 1.54) is 18.4 Å². The maximum absolute atomic E-state index is 4.83. The molecular weight excluding hydrogens is 451 g/mol. The molecule has 1 aromatic rings. The van der Waals surface area contributed by atoms with Crippen LogP contribution in [0.3, 0.4) is 0 Å². The molecule has 2 rings (SSSR count). The van der Waals surface area contributed by atoms with Gasteiger partial charge in [0.2, 0.25) is 0 Å². The molecule has 6 nitrogen and oxygen atoms in total. The maximum atomic E-state index is 4.83. The highest BCUT2D eigenvalue weighted by molar-refractivity contribution is 14.0. The fourth-order valence-corrected chi connectivity index (χ4v) is 3.16. The van der Waals surface area contributed by atoms with E-state index >= 15 is 0 Å². The van der Waals surface area contributed by atoms with Crippen LogP contribution in [0, 0.1) is 0 Å². The van der Waals surface area contributed by atoms with Gasteiger partial charge in [-0.1, -0.05) is 20.3 Å². The Hall–Kier alpha value is -1.09. The smallest absolute Gasteiger partial charge is 0.193 e. The Labute approximate surface area is 182 Å². The lowest BCUT2D eigenvalue weighted by Crippen LogP contribution is -2.46. The predicted octanol–water partition coefficient (Wildman–Crippen LogP) is 3.04. The number of anilines is 1. The monoisotopic (exact) mass is 488 g/mol. The number of hydrogen-bond donors (Lipinski definition) is 1. The lowest BCUT2D eigenvalue weighted by atomic mass is 10.2. The maximum Gasteiger partial charge on any atom is 0.193 e. The first-order chi connectivity index (χ1) is 12.7. The van der Waals surface area contributed by atoms with Crippen LogP contribution in [-0.2, 0) is 6.54 Å². The van der Waals surface area contributed by atoms with Gasteiger partial charge in [0.1, 0.15) is 5.82 Å². The highest BCUT2D eigenvalue weighted by Gasteiger charge is 2.16. The van der Waals surface area contributed by atoms with Gasteiger partial charge in [-0.15, -0.1) is 24.0 Å². The van der Waals surface area contributed by atoms with Crippen molar-refractivity contribution in [2.24, 2.45) is 4.99 Å². The first-order valence-corrected chi connectivity index (χ1v) is 10.1. The zero-order valence-corrected chi connectivity index (χ0v) is 19.8. The summed E-state index contributed by atoms with van der Waals surface area (Å²) >= 11 is 0. The number of hydrogen-bond acceptors (Lipinski definition) is 4. The van der Waals surface area contributed by atoms with Gasteiger partial charge >= 0.3 is 0 Å². The van der Waals surface area contributed by atoms with Gasteiger partial charge in [-0.25, -0.2) is 9.98 Å². The molecule has 0 bridgehead atoms. The number of unbranched alkanes of at least 4 members (excludes halogenated alkanes) is 1. The van der Waals surface area contributed by atoms with E-state index in [0.717, 1.165) is 57.6 Å². The summed E-state index contributed by atoms with van der Waals surface area (Å²) in [6.07, 6.45) is 4.30. The van der Waals surface area contributed by atoms with Crippen LogP contribution in [0.5, 0.6) is 0 Å². The van der Waals surface area contributed by atoms with Crippen LogP contribution in [-0.4, -0.2) is 73.6 Å². The van der Waals surface area contributed by atoms with E-state index < -0.39 is 0 Å². The van der Waals surface area contributed by atoms with Crippen molar-refractivity contribution in [1.29, 1.82) is 0 Å². The van der Waals surface area contributed by atoms with Crippen LogP contribution in [0.2, 0.25) is 0 Å². The number of nitrogens with one attached hydrogen (secondary N) is 1. The Morgan fingerprint density at radius 3 is 2.59 bits per heavy atom. The zero-order valence-electron chi connectivity index (χ0n) is 17.4. The topological polar surface area (TPSA) is 47.0 Å². The van der Waals surface area contributed by atoms with Crippen molar-refractivity contribution in [2.45, 2.75) is 40.2 Å². The molecule has 0 saturated carbocycles. The van der Waals surface area contributed by atoms with E-state index in [9.17, 15) is 0 Å². The van der Waals surface area contributed by atoms with Gasteiger partial charge in [-0.2, -0.15) is 0 Å². The third kappa shape index (κ3) is 7.81. The Bertz CT molecular complexity index is 557. The molecule has 0 unspecified atom stereocenters. The number of piperazine rings is 1. The average molecular weight is 488 g/mol. The fourth-order valence-electron chi connectivity index (χ4n) is 3.16. The molecule has 0 amide bonds. The molecule has 2 heterocycles. The summed E-state index contributed by atoms with van der Waals surface area (Å²) in [6.45, 7) is 14.6. The third-order valence-corrected chi connectivity index (χ3v) is 4.91. The van der Waals surface area contributed by atoms with E-state index in [0.29, 0.717) is 6.54 Å². The Balaban J connectivity index is 0.00000364. The van der Waals surface area contributed by atoms with Crippen molar-refractivity contribution < 1.29 is 0 Å². The lowest BCUT2D eigenvalue weighted by Gasteiger charge is -2.34. The van der Waals surface area contributed by atoms with Gasteiger partial charge in [0, 0.05) is 52.5 Å². The van der Waals surface area contributed by atoms with Gasteiger partial charge in [0.05, 0.1) is 6.54 Å². The number of halogens is 1. The molecule has 0 aromatic carbocycles. The molecule has 1 fully saturated rings. The van der Waals surface area contributed by atoms with Crippen molar-refractivity contribution in [3.8, 4) is 0 Å². The molecule has 27 heavy (non-hydrogen) atoms. The second kappa shape index (κ2) is 13.1. The highest BCUT2D eigenvalue weighted by atomic mass is 127. The van der Waals surface area contributed by atoms with E-state index in [1.54, 1.807) is 0 Å². The minimum Gasteiger partial charge on any atom is -0.357 e. The standard InChI is InChI=1S/C20H36N6.HI/c1-5-8-11-24(4)20(21-6-2)23-17-18-9-10-22-19(16-18)26-14-12-25(7-3)13-15-26;/h9-10,16H,5-8,11-15,17H2,1-4H3,(H,21,23);1H. The summed E-state index contributed by atoms with van der Waals surface area (Å²) in [7, 11) is 2.11. The van der Waals surface area contributed by atoms with Crippen LogP contribution in [0.15, 0.2) is 23.3 Å². The summed E-state index contributed by atoms with van der Waals surface area (Å²) in [5.41, 5.74) is 1.22. The summed E-state index contributed by atoms with van der Waals surface area (Å²) < 4.78 is 0. The molecule has 1 aliphatic heterocycles. The molecule has 0 atom stereocenters. The fraction of sp³-hybridized carbons (Fsp3) is 0.700. The van der Waals surface area contributed by atoms with Crippen molar-refractivity contribution in [3.63, 3.8) is 0 Å². The molecule has 154 valence electrons. The lowest BCUT2D eigenvalue weighted by molar-refractivity contribution is 0.270. The number of nitrogens with zero attached hydrogens (tertiary/aromatic N) is 5. The molecule has 7 heteroatoms. The first kappa shape index (κ1) is 23.9. The largest absolute Gasteiger partial charge is 0.357 e. The van der Waals surface area contributed by atoms with Crippen LogP contribution in [0.4, 0.5) is 5.82 Å². The van der Waals surface area contributed by atoms with Crippen LogP contribution < -0.4 is 10.2 Å². The Morgan fingerprint density at radius 1 is 1.22 bits per heavy atom. The number of aromatic nitrogens is 1. The summed E-state index contributed by atoms with van der Waals surface area (Å²) in [5.74, 6) is 2.06. The number of rotatable bonds is 8. The second-order valence-electron chi connectivity index (χ2n) is 6.89. The first-order valence-electron chi connectivity index (χ1n) is 10.1. The van der Waals surface area contributed by atoms with E-state index in [4.69, 9.17) is 4.99 Å².